The maximum atomic E-state index is 12.1. The van der Waals surface area contributed by atoms with Gasteiger partial charge in [-0.3, -0.25) is 0 Å². The highest BCUT2D eigenvalue weighted by molar-refractivity contribution is 7.89. The normalized spacial score (nSPS) is 22.8. The minimum absolute atomic E-state index is 0.0799. The fraction of sp³-hybridized carbons (Fsp3) is 0.462. The second-order valence-corrected chi connectivity index (χ2v) is 7.42. The summed E-state index contributed by atoms with van der Waals surface area (Å²) < 4.78 is 26.9. The summed E-state index contributed by atoms with van der Waals surface area (Å²) in [6.07, 6.45) is 2.32. The monoisotopic (exact) mass is 298 g/mol. The Bertz CT molecular complexity index is 561. The third-order valence-corrected chi connectivity index (χ3v) is 4.99. The standard InChI is InChI=1S/C13H18N2O2S2/c1-9-6-11(7-9)15-19(16,17)12-4-2-10(3-5-12)8-13(14)18/h2-5,9,11,15H,6-8H2,1H3,(H2,14,18). The summed E-state index contributed by atoms with van der Waals surface area (Å²) in [6.45, 7) is 2.12. The summed E-state index contributed by atoms with van der Waals surface area (Å²) in [5.41, 5.74) is 6.37. The van der Waals surface area contributed by atoms with E-state index in [0.717, 1.165) is 18.4 Å². The van der Waals surface area contributed by atoms with Crippen LogP contribution in [-0.2, 0) is 16.4 Å². The molecular formula is C13H18N2O2S2. The molecule has 3 N–H and O–H groups in total. The molecule has 19 heavy (non-hydrogen) atoms. The number of benzene rings is 1. The van der Waals surface area contributed by atoms with Gasteiger partial charge in [-0.2, -0.15) is 0 Å². The molecule has 1 saturated carbocycles. The second kappa shape index (κ2) is 5.56. The second-order valence-electron chi connectivity index (χ2n) is 5.18. The molecule has 2 rings (SSSR count). The van der Waals surface area contributed by atoms with Gasteiger partial charge in [0.1, 0.15) is 0 Å². The molecule has 0 radical (unpaired) electrons. The van der Waals surface area contributed by atoms with Crippen LogP contribution in [0.2, 0.25) is 0 Å². The summed E-state index contributed by atoms with van der Waals surface area (Å²) >= 11 is 4.82. The van der Waals surface area contributed by atoms with Crippen LogP contribution in [0.1, 0.15) is 25.3 Å². The van der Waals surface area contributed by atoms with Crippen LogP contribution in [0.15, 0.2) is 29.2 Å². The Morgan fingerprint density at radius 2 is 1.95 bits per heavy atom. The van der Waals surface area contributed by atoms with Gasteiger partial charge in [0, 0.05) is 12.5 Å². The molecule has 0 unspecified atom stereocenters. The highest BCUT2D eigenvalue weighted by Crippen LogP contribution is 2.27. The minimum Gasteiger partial charge on any atom is -0.393 e. The first kappa shape index (κ1) is 14.4. The Hall–Kier alpha value is -0.980. The third-order valence-electron chi connectivity index (χ3n) is 3.31. The van der Waals surface area contributed by atoms with Gasteiger partial charge in [-0.25, -0.2) is 13.1 Å². The van der Waals surface area contributed by atoms with E-state index in [0.29, 0.717) is 22.2 Å². The van der Waals surface area contributed by atoms with Crippen molar-refractivity contribution in [3.63, 3.8) is 0 Å². The molecule has 0 aromatic heterocycles. The van der Waals surface area contributed by atoms with E-state index in [9.17, 15) is 8.42 Å². The zero-order chi connectivity index (χ0) is 14.0. The first-order valence-corrected chi connectivity index (χ1v) is 8.15. The van der Waals surface area contributed by atoms with Crippen molar-refractivity contribution < 1.29 is 8.42 Å². The maximum absolute atomic E-state index is 12.1. The van der Waals surface area contributed by atoms with E-state index in [1.165, 1.54) is 0 Å². The van der Waals surface area contributed by atoms with E-state index >= 15 is 0 Å². The van der Waals surface area contributed by atoms with Crippen molar-refractivity contribution in [2.24, 2.45) is 11.7 Å². The Morgan fingerprint density at radius 1 is 1.37 bits per heavy atom. The Labute approximate surface area is 119 Å². The lowest BCUT2D eigenvalue weighted by atomic mass is 9.83. The third kappa shape index (κ3) is 3.75. The lowest BCUT2D eigenvalue weighted by Gasteiger charge is -2.32. The van der Waals surface area contributed by atoms with Crippen LogP contribution < -0.4 is 10.5 Å². The fourth-order valence-corrected chi connectivity index (χ4v) is 3.70. The SMILES string of the molecule is CC1CC(NS(=O)(=O)c2ccc(CC(N)=S)cc2)C1. The van der Waals surface area contributed by atoms with Crippen molar-refractivity contribution in [3.8, 4) is 0 Å². The predicted molar refractivity (Wildman–Crippen MR) is 79.4 cm³/mol. The smallest absolute Gasteiger partial charge is 0.240 e. The summed E-state index contributed by atoms with van der Waals surface area (Å²) in [7, 11) is -3.40. The van der Waals surface area contributed by atoms with E-state index in [1.54, 1.807) is 24.3 Å². The molecule has 104 valence electrons. The number of nitrogens with one attached hydrogen (secondary N) is 1. The molecule has 0 bridgehead atoms. The molecular weight excluding hydrogens is 280 g/mol. The topological polar surface area (TPSA) is 72.2 Å². The summed E-state index contributed by atoms with van der Waals surface area (Å²) in [5, 5.41) is 0. The molecule has 1 aliphatic rings. The molecule has 1 fully saturated rings. The van der Waals surface area contributed by atoms with E-state index in [1.807, 2.05) is 0 Å². The lowest BCUT2D eigenvalue weighted by molar-refractivity contribution is 0.270. The number of hydrogen-bond donors (Lipinski definition) is 2. The predicted octanol–water partition coefficient (Wildman–Crippen LogP) is 1.59. The average molecular weight is 298 g/mol. The summed E-state index contributed by atoms with van der Waals surface area (Å²) in [5.74, 6) is 0.612. The lowest BCUT2D eigenvalue weighted by Crippen LogP contribution is -2.43. The molecule has 1 aromatic rings. The quantitative estimate of drug-likeness (QED) is 0.810. The first-order valence-electron chi connectivity index (χ1n) is 6.26. The number of sulfonamides is 1. The van der Waals surface area contributed by atoms with Crippen LogP contribution in [0.25, 0.3) is 0 Å². The van der Waals surface area contributed by atoms with Gasteiger partial charge in [-0.1, -0.05) is 31.3 Å². The van der Waals surface area contributed by atoms with Crippen molar-refractivity contribution in [2.45, 2.75) is 37.1 Å². The van der Waals surface area contributed by atoms with Crippen LogP contribution in [0.5, 0.6) is 0 Å². The van der Waals surface area contributed by atoms with E-state index < -0.39 is 10.0 Å². The van der Waals surface area contributed by atoms with Gasteiger partial charge < -0.3 is 5.73 Å². The van der Waals surface area contributed by atoms with E-state index in [-0.39, 0.29) is 6.04 Å². The molecule has 6 heteroatoms. The van der Waals surface area contributed by atoms with Crippen molar-refractivity contribution in [3.05, 3.63) is 29.8 Å². The minimum atomic E-state index is -3.40. The van der Waals surface area contributed by atoms with Crippen molar-refractivity contribution >= 4 is 27.2 Å². The number of rotatable bonds is 5. The molecule has 1 aliphatic carbocycles. The van der Waals surface area contributed by atoms with Gasteiger partial charge in [-0.05, 0) is 36.5 Å². The summed E-state index contributed by atoms with van der Waals surface area (Å²) in [4.78, 5) is 0.691. The molecule has 0 atom stereocenters. The average Bonchev–Trinajstić information content (AvgIpc) is 2.26. The highest BCUT2D eigenvalue weighted by Gasteiger charge is 2.29. The molecule has 0 amide bonds. The van der Waals surface area contributed by atoms with Crippen molar-refractivity contribution in [2.75, 3.05) is 0 Å². The number of hydrogen-bond acceptors (Lipinski definition) is 3. The number of nitrogens with two attached hydrogens (primary N) is 1. The summed E-state index contributed by atoms with van der Waals surface area (Å²) in [6, 6.07) is 6.76. The molecule has 0 aliphatic heterocycles. The van der Waals surface area contributed by atoms with Crippen LogP contribution in [0.3, 0.4) is 0 Å². The van der Waals surface area contributed by atoms with Gasteiger partial charge >= 0.3 is 0 Å². The maximum Gasteiger partial charge on any atom is 0.240 e. The van der Waals surface area contributed by atoms with Crippen molar-refractivity contribution in [1.82, 2.24) is 4.72 Å². The van der Waals surface area contributed by atoms with E-state index in [4.69, 9.17) is 18.0 Å². The highest BCUT2D eigenvalue weighted by atomic mass is 32.2. The Kier molecular flexibility index (Phi) is 4.23. The zero-order valence-electron chi connectivity index (χ0n) is 10.8. The van der Waals surface area contributed by atoms with E-state index in [2.05, 4.69) is 11.6 Å². The first-order chi connectivity index (χ1) is 8.87. The molecule has 0 saturated heterocycles. The van der Waals surface area contributed by atoms with Gasteiger partial charge in [-0.15, -0.1) is 0 Å². The molecule has 4 nitrogen and oxygen atoms in total. The van der Waals surface area contributed by atoms with Crippen LogP contribution in [-0.4, -0.2) is 19.4 Å². The largest absolute Gasteiger partial charge is 0.393 e. The van der Waals surface area contributed by atoms with Crippen molar-refractivity contribution in [1.29, 1.82) is 0 Å². The zero-order valence-corrected chi connectivity index (χ0v) is 12.4. The van der Waals surface area contributed by atoms with Gasteiger partial charge in [0.05, 0.1) is 9.88 Å². The fourth-order valence-electron chi connectivity index (χ4n) is 2.27. The Morgan fingerprint density at radius 3 is 2.42 bits per heavy atom. The Balaban J connectivity index is 2.06. The number of thiocarbonyl (C=S) groups is 1. The van der Waals surface area contributed by atoms with Gasteiger partial charge in [0.25, 0.3) is 0 Å². The van der Waals surface area contributed by atoms with Crippen LogP contribution >= 0.6 is 12.2 Å². The van der Waals surface area contributed by atoms with Crippen LogP contribution in [0, 0.1) is 5.92 Å². The van der Waals surface area contributed by atoms with Gasteiger partial charge in [0.15, 0.2) is 0 Å². The van der Waals surface area contributed by atoms with Crippen LogP contribution in [0.4, 0.5) is 0 Å². The molecule has 0 heterocycles. The molecule has 0 spiro atoms. The molecule has 1 aromatic carbocycles. The van der Waals surface area contributed by atoms with Gasteiger partial charge in [0.2, 0.25) is 10.0 Å².